The SMILES string of the molecule is CC(C)(N)CN(CCc1ccccn1)Cc1cccnc1.Cl. The summed E-state index contributed by atoms with van der Waals surface area (Å²) in [6, 6.07) is 10.1. The first-order valence-corrected chi connectivity index (χ1v) is 7.33. The van der Waals surface area contributed by atoms with Gasteiger partial charge in [0.1, 0.15) is 0 Å². The van der Waals surface area contributed by atoms with Gasteiger partial charge in [-0.25, -0.2) is 0 Å². The Labute approximate surface area is 139 Å². The third-order valence-corrected chi connectivity index (χ3v) is 3.17. The molecular formula is C17H25ClN4. The smallest absolute Gasteiger partial charge is 0.0416 e. The molecule has 22 heavy (non-hydrogen) atoms. The largest absolute Gasteiger partial charge is 0.324 e. The molecule has 0 unspecified atom stereocenters. The first-order valence-electron chi connectivity index (χ1n) is 7.33. The molecule has 2 aromatic rings. The molecule has 0 aliphatic carbocycles. The standard InChI is InChI=1S/C17H24N4.ClH/c1-17(2,18)14-21(13-15-6-5-9-19-12-15)11-8-16-7-3-4-10-20-16;/h3-7,9-10,12H,8,11,13-14,18H2,1-2H3;1H. The van der Waals surface area contributed by atoms with Crippen molar-refractivity contribution in [3.63, 3.8) is 0 Å². The fourth-order valence-corrected chi connectivity index (χ4v) is 2.36. The van der Waals surface area contributed by atoms with Crippen molar-refractivity contribution in [3.05, 3.63) is 60.2 Å². The van der Waals surface area contributed by atoms with Crippen molar-refractivity contribution in [1.29, 1.82) is 0 Å². The molecule has 0 aliphatic heterocycles. The van der Waals surface area contributed by atoms with Crippen LogP contribution in [0.5, 0.6) is 0 Å². The van der Waals surface area contributed by atoms with Crippen LogP contribution in [-0.4, -0.2) is 33.5 Å². The van der Waals surface area contributed by atoms with E-state index in [0.29, 0.717) is 0 Å². The van der Waals surface area contributed by atoms with Crippen LogP contribution in [0.2, 0.25) is 0 Å². The van der Waals surface area contributed by atoms with E-state index in [1.54, 1.807) is 6.20 Å². The average molecular weight is 321 g/mol. The van der Waals surface area contributed by atoms with Crippen LogP contribution in [0.1, 0.15) is 25.1 Å². The number of hydrogen-bond acceptors (Lipinski definition) is 4. The molecule has 0 bridgehead atoms. The lowest BCUT2D eigenvalue weighted by atomic mass is 10.1. The van der Waals surface area contributed by atoms with Crippen LogP contribution in [-0.2, 0) is 13.0 Å². The predicted octanol–water partition coefficient (Wildman–Crippen LogP) is 2.68. The highest BCUT2D eigenvalue weighted by atomic mass is 35.5. The van der Waals surface area contributed by atoms with Gasteiger partial charge in [0.2, 0.25) is 0 Å². The number of rotatable bonds is 7. The van der Waals surface area contributed by atoms with Gasteiger partial charge >= 0.3 is 0 Å². The fourth-order valence-electron chi connectivity index (χ4n) is 2.36. The Morgan fingerprint density at radius 3 is 2.55 bits per heavy atom. The molecule has 0 saturated heterocycles. The van der Waals surface area contributed by atoms with E-state index in [1.807, 2.05) is 30.6 Å². The topological polar surface area (TPSA) is 55.0 Å². The fraction of sp³-hybridized carbons (Fsp3) is 0.412. The zero-order valence-electron chi connectivity index (χ0n) is 13.3. The summed E-state index contributed by atoms with van der Waals surface area (Å²) in [5.41, 5.74) is 8.30. The van der Waals surface area contributed by atoms with Gasteiger partial charge in [-0.3, -0.25) is 14.9 Å². The molecule has 2 rings (SSSR count). The monoisotopic (exact) mass is 320 g/mol. The normalized spacial score (nSPS) is 11.3. The van der Waals surface area contributed by atoms with Gasteiger partial charge in [-0.2, -0.15) is 0 Å². The summed E-state index contributed by atoms with van der Waals surface area (Å²) in [4.78, 5) is 10.9. The number of nitrogens with two attached hydrogens (primary N) is 1. The minimum absolute atomic E-state index is 0. The van der Waals surface area contributed by atoms with E-state index >= 15 is 0 Å². The molecule has 0 radical (unpaired) electrons. The number of aromatic nitrogens is 2. The van der Waals surface area contributed by atoms with Gasteiger partial charge in [-0.15, -0.1) is 12.4 Å². The maximum absolute atomic E-state index is 6.19. The minimum Gasteiger partial charge on any atom is -0.324 e. The van der Waals surface area contributed by atoms with Crippen LogP contribution in [0, 0.1) is 0 Å². The molecule has 0 aromatic carbocycles. The van der Waals surface area contributed by atoms with Crippen molar-refractivity contribution in [2.45, 2.75) is 32.4 Å². The van der Waals surface area contributed by atoms with Gasteiger partial charge in [0.05, 0.1) is 0 Å². The van der Waals surface area contributed by atoms with Crippen LogP contribution in [0.15, 0.2) is 48.9 Å². The van der Waals surface area contributed by atoms with E-state index < -0.39 is 0 Å². The second-order valence-electron chi connectivity index (χ2n) is 6.13. The summed E-state index contributed by atoms with van der Waals surface area (Å²) in [6.07, 6.45) is 6.48. The highest BCUT2D eigenvalue weighted by Gasteiger charge is 2.17. The van der Waals surface area contributed by atoms with Crippen LogP contribution in [0.4, 0.5) is 0 Å². The molecule has 4 nitrogen and oxygen atoms in total. The summed E-state index contributed by atoms with van der Waals surface area (Å²) < 4.78 is 0. The molecule has 120 valence electrons. The summed E-state index contributed by atoms with van der Waals surface area (Å²) >= 11 is 0. The number of nitrogens with zero attached hydrogens (tertiary/aromatic N) is 3. The Kier molecular flexibility index (Phi) is 7.45. The van der Waals surface area contributed by atoms with Crippen molar-refractivity contribution < 1.29 is 0 Å². The van der Waals surface area contributed by atoms with Crippen LogP contribution >= 0.6 is 12.4 Å². The molecule has 0 aliphatic rings. The first-order chi connectivity index (χ1) is 10.0. The molecular weight excluding hydrogens is 296 g/mol. The number of hydrogen-bond donors (Lipinski definition) is 1. The van der Waals surface area contributed by atoms with Crippen molar-refractivity contribution >= 4 is 12.4 Å². The highest BCUT2D eigenvalue weighted by molar-refractivity contribution is 5.85. The average Bonchev–Trinajstić information content (AvgIpc) is 2.45. The van der Waals surface area contributed by atoms with Gasteiger partial charge in [0.25, 0.3) is 0 Å². The van der Waals surface area contributed by atoms with Crippen LogP contribution in [0.3, 0.4) is 0 Å². The van der Waals surface area contributed by atoms with Crippen molar-refractivity contribution in [1.82, 2.24) is 14.9 Å². The summed E-state index contributed by atoms with van der Waals surface area (Å²) in [5.74, 6) is 0. The summed E-state index contributed by atoms with van der Waals surface area (Å²) in [5, 5.41) is 0. The zero-order chi connectivity index (χ0) is 15.1. The Balaban J connectivity index is 0.00000242. The van der Waals surface area contributed by atoms with Crippen LogP contribution < -0.4 is 5.73 Å². The van der Waals surface area contributed by atoms with Gasteiger partial charge in [-0.1, -0.05) is 12.1 Å². The van der Waals surface area contributed by atoms with E-state index in [9.17, 15) is 0 Å². The minimum atomic E-state index is -0.216. The molecule has 2 N–H and O–H groups in total. The Hall–Kier alpha value is -1.49. The lowest BCUT2D eigenvalue weighted by Gasteiger charge is -2.29. The maximum atomic E-state index is 6.19. The van der Waals surface area contributed by atoms with Crippen LogP contribution in [0.25, 0.3) is 0 Å². The molecule has 0 spiro atoms. The highest BCUT2D eigenvalue weighted by Crippen LogP contribution is 2.09. The first kappa shape index (κ1) is 18.6. The van der Waals surface area contributed by atoms with Gasteiger partial charge in [0.15, 0.2) is 0 Å². The van der Waals surface area contributed by atoms with E-state index in [4.69, 9.17) is 5.73 Å². The molecule has 5 heteroatoms. The molecule has 2 aromatic heterocycles. The lowest BCUT2D eigenvalue weighted by Crippen LogP contribution is -2.45. The molecule has 2 heterocycles. The Morgan fingerprint density at radius 2 is 1.95 bits per heavy atom. The van der Waals surface area contributed by atoms with Gasteiger partial charge < -0.3 is 5.73 Å². The summed E-state index contributed by atoms with van der Waals surface area (Å²) in [7, 11) is 0. The van der Waals surface area contributed by atoms with Gasteiger partial charge in [0, 0.05) is 55.9 Å². The van der Waals surface area contributed by atoms with Crippen molar-refractivity contribution in [2.75, 3.05) is 13.1 Å². The molecule has 0 fully saturated rings. The van der Waals surface area contributed by atoms with E-state index in [2.05, 4.69) is 40.8 Å². The molecule has 0 atom stereocenters. The summed E-state index contributed by atoms with van der Waals surface area (Å²) in [6.45, 7) is 6.76. The van der Waals surface area contributed by atoms with E-state index in [0.717, 1.165) is 31.7 Å². The van der Waals surface area contributed by atoms with E-state index in [-0.39, 0.29) is 17.9 Å². The number of pyridine rings is 2. The third kappa shape index (κ3) is 6.98. The third-order valence-electron chi connectivity index (χ3n) is 3.17. The maximum Gasteiger partial charge on any atom is 0.0416 e. The Bertz CT molecular complexity index is 525. The molecule has 0 saturated carbocycles. The van der Waals surface area contributed by atoms with Crippen molar-refractivity contribution in [2.24, 2.45) is 5.73 Å². The molecule has 0 amide bonds. The second kappa shape index (κ2) is 8.83. The quantitative estimate of drug-likeness (QED) is 0.852. The van der Waals surface area contributed by atoms with Crippen molar-refractivity contribution in [3.8, 4) is 0 Å². The van der Waals surface area contributed by atoms with Gasteiger partial charge in [-0.05, 0) is 37.6 Å². The predicted molar refractivity (Wildman–Crippen MR) is 93.0 cm³/mol. The zero-order valence-corrected chi connectivity index (χ0v) is 14.1. The van der Waals surface area contributed by atoms with E-state index in [1.165, 1.54) is 5.56 Å². The second-order valence-corrected chi connectivity index (χ2v) is 6.13. The number of halogens is 1. The Morgan fingerprint density at radius 1 is 1.14 bits per heavy atom. The lowest BCUT2D eigenvalue weighted by molar-refractivity contribution is 0.219.